The summed E-state index contributed by atoms with van der Waals surface area (Å²) in [5, 5.41) is 12.1. The lowest BCUT2D eigenvalue weighted by molar-refractivity contribution is 0.0595. The van der Waals surface area contributed by atoms with Crippen molar-refractivity contribution in [2.75, 3.05) is 27.7 Å². The Morgan fingerprint density at radius 3 is 2.75 bits per heavy atom. The van der Waals surface area contributed by atoms with Crippen molar-refractivity contribution >= 4 is 5.97 Å². The first kappa shape index (κ1) is 14.2. The van der Waals surface area contributed by atoms with E-state index in [9.17, 15) is 4.79 Å². The van der Waals surface area contributed by atoms with Crippen LogP contribution in [0.3, 0.4) is 0 Å². The fourth-order valence-corrected chi connectivity index (χ4v) is 1.83. The van der Waals surface area contributed by atoms with Crippen molar-refractivity contribution in [3.8, 4) is 11.3 Å². The van der Waals surface area contributed by atoms with E-state index in [1.807, 2.05) is 32.2 Å². The third-order valence-electron chi connectivity index (χ3n) is 2.85. The fraction of sp³-hybridized carbons (Fsp3) is 0.500. The van der Waals surface area contributed by atoms with Crippen molar-refractivity contribution in [1.29, 1.82) is 0 Å². The zero-order valence-corrected chi connectivity index (χ0v) is 12.1. The number of hydrogen-bond acceptors (Lipinski definition) is 6. The largest absolute Gasteiger partial charge is 0.464 e. The summed E-state index contributed by atoms with van der Waals surface area (Å²) in [6.07, 6.45) is 3.49. The van der Waals surface area contributed by atoms with Gasteiger partial charge in [0.25, 0.3) is 0 Å². The number of esters is 1. The summed E-state index contributed by atoms with van der Waals surface area (Å²) in [6.45, 7) is 1.42. The number of likely N-dealkylation sites (N-methyl/N-ethyl adjacent to an activating group) is 1. The molecule has 0 unspecified atom stereocenters. The number of aryl methyl sites for hydroxylation is 1. The molecule has 0 amide bonds. The number of hydrogen-bond donors (Lipinski definition) is 0. The summed E-state index contributed by atoms with van der Waals surface area (Å²) < 4.78 is 8.12. The van der Waals surface area contributed by atoms with Gasteiger partial charge in [-0.3, -0.25) is 4.68 Å². The molecule has 2 rings (SSSR count). The maximum absolute atomic E-state index is 11.8. The average molecular weight is 278 g/mol. The molecule has 20 heavy (non-hydrogen) atoms. The van der Waals surface area contributed by atoms with Gasteiger partial charge in [-0.05, 0) is 14.1 Å². The van der Waals surface area contributed by atoms with Crippen LogP contribution < -0.4 is 0 Å². The molecule has 2 aromatic heterocycles. The lowest BCUT2D eigenvalue weighted by Crippen LogP contribution is -2.19. The summed E-state index contributed by atoms with van der Waals surface area (Å²) in [5.41, 5.74) is 1.63. The molecule has 0 saturated heterocycles. The molecule has 0 saturated carbocycles. The lowest BCUT2D eigenvalue weighted by atomic mass is 10.2. The van der Waals surface area contributed by atoms with Crippen LogP contribution in [0, 0.1) is 0 Å². The molecule has 0 aliphatic heterocycles. The zero-order valence-electron chi connectivity index (χ0n) is 12.1. The van der Waals surface area contributed by atoms with E-state index in [1.165, 1.54) is 7.11 Å². The van der Waals surface area contributed by atoms with Crippen LogP contribution in [-0.4, -0.2) is 63.4 Å². The molecule has 0 bridgehead atoms. The number of carbonyl (C=O) groups is 1. The van der Waals surface area contributed by atoms with Gasteiger partial charge in [0.1, 0.15) is 5.69 Å². The number of ether oxygens (including phenoxy) is 1. The van der Waals surface area contributed by atoms with Gasteiger partial charge in [0.2, 0.25) is 0 Å². The van der Waals surface area contributed by atoms with Gasteiger partial charge < -0.3 is 9.64 Å². The summed E-state index contributed by atoms with van der Waals surface area (Å²) in [5.74, 6) is -0.500. The van der Waals surface area contributed by atoms with Gasteiger partial charge >= 0.3 is 5.97 Å². The molecule has 0 aliphatic rings. The molecule has 0 fully saturated rings. The van der Waals surface area contributed by atoms with Crippen LogP contribution in [-0.2, 0) is 18.3 Å². The molecule has 0 radical (unpaired) electrons. The molecular weight excluding hydrogens is 260 g/mol. The van der Waals surface area contributed by atoms with Gasteiger partial charge in [0.05, 0.1) is 19.9 Å². The van der Waals surface area contributed by atoms with Crippen LogP contribution in [0.5, 0.6) is 0 Å². The zero-order chi connectivity index (χ0) is 14.7. The van der Waals surface area contributed by atoms with E-state index in [1.54, 1.807) is 15.6 Å². The molecule has 8 heteroatoms. The summed E-state index contributed by atoms with van der Waals surface area (Å²) in [4.78, 5) is 13.8. The Morgan fingerprint density at radius 1 is 1.45 bits per heavy atom. The van der Waals surface area contributed by atoms with Gasteiger partial charge in [-0.15, -0.1) is 5.10 Å². The smallest absolute Gasteiger partial charge is 0.360 e. The predicted octanol–water partition coefficient (Wildman–Crippen LogP) is 0.0268. The highest BCUT2D eigenvalue weighted by molar-refractivity contribution is 5.93. The van der Waals surface area contributed by atoms with Crippen LogP contribution in [0.15, 0.2) is 12.4 Å². The first-order valence-electron chi connectivity index (χ1n) is 6.18. The molecule has 2 heterocycles. The van der Waals surface area contributed by atoms with Crippen molar-refractivity contribution in [2.45, 2.75) is 6.54 Å². The topological polar surface area (TPSA) is 78.1 Å². The SMILES string of the molecule is COC(=O)c1nnn(CCN(C)C)c1-c1cnn(C)c1. The number of aromatic nitrogens is 5. The normalized spacial score (nSPS) is 11.1. The second-order valence-electron chi connectivity index (χ2n) is 4.71. The van der Waals surface area contributed by atoms with Gasteiger partial charge in [0.15, 0.2) is 5.69 Å². The van der Waals surface area contributed by atoms with Crippen LogP contribution in [0.25, 0.3) is 11.3 Å². The Hall–Kier alpha value is -2.22. The van der Waals surface area contributed by atoms with Crippen molar-refractivity contribution in [3.05, 3.63) is 18.1 Å². The Morgan fingerprint density at radius 2 is 2.20 bits per heavy atom. The second kappa shape index (κ2) is 5.83. The maximum Gasteiger partial charge on any atom is 0.360 e. The summed E-state index contributed by atoms with van der Waals surface area (Å²) in [6, 6.07) is 0. The van der Waals surface area contributed by atoms with E-state index in [0.717, 1.165) is 12.1 Å². The monoisotopic (exact) mass is 278 g/mol. The van der Waals surface area contributed by atoms with Crippen molar-refractivity contribution < 1.29 is 9.53 Å². The molecule has 2 aromatic rings. The van der Waals surface area contributed by atoms with Crippen LogP contribution >= 0.6 is 0 Å². The summed E-state index contributed by atoms with van der Waals surface area (Å²) >= 11 is 0. The Bertz CT molecular complexity index is 601. The molecule has 0 aliphatic carbocycles. The third kappa shape index (κ3) is 2.85. The molecule has 108 valence electrons. The van der Waals surface area contributed by atoms with Gasteiger partial charge in [0, 0.05) is 25.4 Å². The minimum absolute atomic E-state index is 0.208. The summed E-state index contributed by atoms with van der Waals surface area (Å²) in [7, 11) is 7.09. The lowest BCUT2D eigenvalue weighted by Gasteiger charge is -2.10. The van der Waals surface area contributed by atoms with E-state index >= 15 is 0 Å². The first-order chi connectivity index (χ1) is 9.52. The quantitative estimate of drug-likeness (QED) is 0.718. The second-order valence-corrected chi connectivity index (χ2v) is 4.71. The molecule has 0 spiro atoms. The average Bonchev–Trinajstić information content (AvgIpc) is 3.01. The Labute approximate surface area is 116 Å². The predicted molar refractivity (Wildman–Crippen MR) is 72.1 cm³/mol. The van der Waals surface area contributed by atoms with Crippen LogP contribution in [0.1, 0.15) is 10.5 Å². The molecular formula is C12H18N6O2. The first-order valence-corrected chi connectivity index (χ1v) is 6.18. The van der Waals surface area contributed by atoms with Crippen molar-refractivity contribution in [3.63, 3.8) is 0 Å². The van der Waals surface area contributed by atoms with Gasteiger partial charge in [-0.1, -0.05) is 5.21 Å². The van der Waals surface area contributed by atoms with Gasteiger partial charge in [-0.25, -0.2) is 9.48 Å². The van der Waals surface area contributed by atoms with Crippen LogP contribution in [0.2, 0.25) is 0 Å². The Kier molecular flexibility index (Phi) is 4.14. The van der Waals surface area contributed by atoms with E-state index in [-0.39, 0.29) is 5.69 Å². The Balaban J connectivity index is 2.42. The molecule has 8 nitrogen and oxygen atoms in total. The van der Waals surface area contributed by atoms with E-state index in [4.69, 9.17) is 4.74 Å². The minimum Gasteiger partial charge on any atom is -0.464 e. The number of methoxy groups -OCH3 is 1. The standard InChI is InChI=1S/C12H18N6O2/c1-16(2)5-6-18-11(9-7-13-17(3)8-9)10(14-15-18)12(19)20-4/h7-8H,5-6H2,1-4H3. The van der Waals surface area contributed by atoms with E-state index in [0.29, 0.717) is 12.2 Å². The third-order valence-corrected chi connectivity index (χ3v) is 2.85. The fourth-order valence-electron chi connectivity index (χ4n) is 1.83. The van der Waals surface area contributed by atoms with E-state index in [2.05, 4.69) is 15.4 Å². The van der Waals surface area contributed by atoms with Crippen molar-refractivity contribution in [1.82, 2.24) is 29.7 Å². The highest BCUT2D eigenvalue weighted by Gasteiger charge is 2.22. The maximum atomic E-state index is 11.8. The number of carbonyl (C=O) groups excluding carboxylic acids is 1. The van der Waals surface area contributed by atoms with E-state index < -0.39 is 5.97 Å². The minimum atomic E-state index is -0.500. The highest BCUT2D eigenvalue weighted by atomic mass is 16.5. The number of nitrogens with zero attached hydrogens (tertiary/aromatic N) is 6. The molecule has 0 N–H and O–H groups in total. The molecule has 0 atom stereocenters. The number of rotatable bonds is 5. The van der Waals surface area contributed by atoms with Crippen LogP contribution in [0.4, 0.5) is 0 Å². The van der Waals surface area contributed by atoms with Crippen molar-refractivity contribution in [2.24, 2.45) is 7.05 Å². The highest BCUT2D eigenvalue weighted by Crippen LogP contribution is 2.22. The van der Waals surface area contributed by atoms with Gasteiger partial charge in [-0.2, -0.15) is 5.10 Å². The molecule has 0 aromatic carbocycles.